The zero-order chi connectivity index (χ0) is 24.8. The molecule has 0 spiro atoms. The Kier molecular flexibility index (Phi) is 8.50. The molecular weight excluding hydrogens is 470 g/mol. The van der Waals surface area contributed by atoms with Gasteiger partial charge in [0.1, 0.15) is 29.5 Å². The summed E-state index contributed by atoms with van der Waals surface area (Å²) in [6.45, 7) is -0.284. The van der Waals surface area contributed by atoms with Crippen molar-refractivity contribution in [1.29, 1.82) is 0 Å². The number of hydrogen-bond donors (Lipinski definition) is 8. The molecule has 34 heavy (non-hydrogen) atoms. The van der Waals surface area contributed by atoms with Crippen LogP contribution in [0.5, 0.6) is 0 Å². The largest absolute Gasteiger partial charge is 0.481 e. The van der Waals surface area contributed by atoms with Gasteiger partial charge in [0.15, 0.2) is 10.9 Å². The molecule has 2 aromatic heterocycles. The molecule has 0 aromatic carbocycles. The van der Waals surface area contributed by atoms with Gasteiger partial charge in [0.05, 0.1) is 32.1 Å². The third-order valence-electron chi connectivity index (χ3n) is 5.06. The Hall–Kier alpha value is -3.13. The Morgan fingerprint density at radius 3 is 2.74 bits per heavy atom. The molecule has 1 aliphatic heterocycles. The van der Waals surface area contributed by atoms with Crippen molar-refractivity contribution in [2.24, 2.45) is 5.73 Å². The smallest absolute Gasteiger partial charge is 0.303 e. The summed E-state index contributed by atoms with van der Waals surface area (Å²) in [5.41, 5.74) is 6.34. The minimum atomic E-state index is -1.29. The van der Waals surface area contributed by atoms with E-state index in [4.69, 9.17) is 27.8 Å². The topological polar surface area (TPSA) is 221 Å². The summed E-state index contributed by atoms with van der Waals surface area (Å²) in [5, 5.41) is 43.7. The van der Waals surface area contributed by atoms with E-state index in [0.29, 0.717) is 11.2 Å². The van der Waals surface area contributed by atoms with Crippen molar-refractivity contribution < 1.29 is 34.8 Å². The number of ether oxygens (including phenoxy) is 1. The molecule has 5 atom stereocenters. The standard InChI is InChI=1S/C19H25N7O7S/c20-9(3-4-11(28)29)16(32)21-5-1-2-6-22-19-24-15-12(17(34)25-19)23-8-26(15)18-14(31)13(30)10(7-27)33-18/h8-10,13-14,18,27,30-31H,3-7,20H2,(H,21,32)(H,28,29)(H2,22,24,25,34)/t9?,10-,13-,14-,18-/m1/s1. The number of nitrogens with one attached hydrogen (secondary N) is 3. The van der Waals surface area contributed by atoms with Crippen LogP contribution in [0.3, 0.4) is 0 Å². The van der Waals surface area contributed by atoms with Crippen molar-refractivity contribution in [2.75, 3.05) is 25.0 Å². The third-order valence-corrected chi connectivity index (χ3v) is 5.35. The van der Waals surface area contributed by atoms with Gasteiger partial charge in [-0.25, -0.2) is 9.97 Å². The molecule has 3 rings (SSSR count). The number of aliphatic carboxylic acids is 1. The first-order chi connectivity index (χ1) is 16.2. The average molecular weight is 496 g/mol. The van der Waals surface area contributed by atoms with Crippen LogP contribution in [-0.2, 0) is 14.3 Å². The van der Waals surface area contributed by atoms with Crippen LogP contribution in [0.2, 0.25) is 0 Å². The number of carboxylic acids is 1. The van der Waals surface area contributed by atoms with Gasteiger partial charge in [-0.3, -0.25) is 14.2 Å². The summed E-state index contributed by atoms with van der Waals surface area (Å²) in [7, 11) is 0. The fourth-order valence-electron chi connectivity index (χ4n) is 3.25. The fraction of sp³-hybridized carbons (Fsp3) is 0.526. The molecule has 0 bridgehead atoms. The molecule has 9 N–H and O–H groups in total. The van der Waals surface area contributed by atoms with Gasteiger partial charge in [0.2, 0.25) is 11.9 Å². The van der Waals surface area contributed by atoms with Crippen molar-refractivity contribution in [2.45, 2.75) is 43.4 Å². The van der Waals surface area contributed by atoms with Crippen molar-refractivity contribution in [3.05, 3.63) is 11.0 Å². The SMILES string of the molecule is NC(CCC(=O)O)C(=O)NCC#CCNc1nc(=S)c2ncn([C@@H]3O[C@H](CO)[C@@H](O)[C@H]3O)c2[nH]1. The predicted molar refractivity (Wildman–Crippen MR) is 120 cm³/mol. The molecule has 3 heterocycles. The summed E-state index contributed by atoms with van der Waals surface area (Å²) in [6.07, 6.45) is -3.28. The number of rotatable bonds is 9. The number of hydrogen-bond acceptors (Lipinski definition) is 11. The van der Waals surface area contributed by atoms with E-state index < -0.39 is 49.1 Å². The number of carbonyl (C=O) groups is 2. The number of aliphatic hydroxyl groups is 3. The predicted octanol–water partition coefficient (Wildman–Crippen LogP) is -2.18. The summed E-state index contributed by atoms with van der Waals surface area (Å²) < 4.78 is 7.17. The van der Waals surface area contributed by atoms with E-state index in [-0.39, 0.29) is 36.5 Å². The first kappa shape index (κ1) is 25.5. The van der Waals surface area contributed by atoms with E-state index in [0.717, 1.165) is 0 Å². The van der Waals surface area contributed by atoms with E-state index in [1.165, 1.54) is 10.9 Å². The van der Waals surface area contributed by atoms with Gasteiger partial charge >= 0.3 is 5.97 Å². The van der Waals surface area contributed by atoms with Gasteiger partial charge in [-0.15, -0.1) is 0 Å². The molecular formula is C19H25N7O7S. The monoisotopic (exact) mass is 495 g/mol. The molecule has 1 aliphatic rings. The lowest BCUT2D eigenvalue weighted by Gasteiger charge is -2.17. The molecule has 184 valence electrons. The number of H-pyrrole nitrogens is 1. The van der Waals surface area contributed by atoms with E-state index >= 15 is 0 Å². The van der Waals surface area contributed by atoms with Crippen LogP contribution < -0.4 is 16.4 Å². The number of anilines is 1. The molecule has 1 saturated heterocycles. The Morgan fingerprint density at radius 2 is 2.06 bits per heavy atom. The van der Waals surface area contributed by atoms with E-state index in [9.17, 15) is 24.9 Å². The van der Waals surface area contributed by atoms with Crippen molar-refractivity contribution in [3.8, 4) is 11.8 Å². The molecule has 2 aromatic rings. The van der Waals surface area contributed by atoms with Crippen molar-refractivity contribution in [3.63, 3.8) is 0 Å². The highest BCUT2D eigenvalue weighted by atomic mass is 32.1. The van der Waals surface area contributed by atoms with Crippen molar-refractivity contribution >= 4 is 41.2 Å². The van der Waals surface area contributed by atoms with Gasteiger partial charge in [0, 0.05) is 6.42 Å². The Labute approximate surface area is 198 Å². The number of carbonyl (C=O) groups excluding carboxylic acids is 1. The normalized spacial score (nSPS) is 22.7. The first-order valence-corrected chi connectivity index (χ1v) is 10.7. The van der Waals surface area contributed by atoms with E-state index in [1.54, 1.807) is 0 Å². The Morgan fingerprint density at radius 1 is 1.32 bits per heavy atom. The van der Waals surface area contributed by atoms with Gasteiger partial charge in [0.25, 0.3) is 0 Å². The lowest BCUT2D eigenvalue weighted by molar-refractivity contribution is -0.137. The van der Waals surface area contributed by atoms with Crippen LogP contribution in [0.4, 0.5) is 5.95 Å². The third kappa shape index (κ3) is 5.86. The summed E-state index contributed by atoms with van der Waals surface area (Å²) in [5.74, 6) is 4.26. The first-order valence-electron chi connectivity index (χ1n) is 10.3. The number of nitrogens with two attached hydrogens (primary N) is 1. The number of aromatic amines is 1. The second-order valence-electron chi connectivity index (χ2n) is 7.43. The molecule has 15 heteroatoms. The summed E-state index contributed by atoms with van der Waals surface area (Å²) in [4.78, 5) is 33.6. The molecule has 0 saturated carbocycles. The van der Waals surface area contributed by atoms with Crippen molar-refractivity contribution in [1.82, 2.24) is 24.8 Å². The number of carboxylic acid groups (broad SMARTS) is 1. The van der Waals surface area contributed by atoms with Gasteiger partial charge in [-0.1, -0.05) is 24.1 Å². The highest BCUT2D eigenvalue weighted by Crippen LogP contribution is 2.31. The number of aliphatic hydroxyl groups excluding tert-OH is 3. The molecule has 1 amide bonds. The van der Waals surface area contributed by atoms with Gasteiger partial charge < -0.3 is 46.5 Å². The number of fused-ring (bicyclic) bond motifs is 1. The molecule has 1 fully saturated rings. The van der Waals surface area contributed by atoms with Crippen LogP contribution >= 0.6 is 12.2 Å². The van der Waals surface area contributed by atoms with Crippen LogP contribution in [0.25, 0.3) is 11.2 Å². The lowest BCUT2D eigenvalue weighted by atomic mass is 10.1. The molecule has 14 nitrogen and oxygen atoms in total. The van der Waals surface area contributed by atoms with E-state index in [2.05, 4.69) is 37.4 Å². The quantitative estimate of drug-likeness (QED) is 0.137. The second-order valence-corrected chi connectivity index (χ2v) is 7.82. The maximum atomic E-state index is 11.8. The maximum absolute atomic E-state index is 11.8. The highest BCUT2D eigenvalue weighted by molar-refractivity contribution is 7.71. The summed E-state index contributed by atoms with van der Waals surface area (Å²) >= 11 is 5.27. The number of imidazole rings is 1. The Balaban J connectivity index is 1.60. The van der Waals surface area contributed by atoms with Gasteiger partial charge in [-0.05, 0) is 6.42 Å². The Bertz CT molecular complexity index is 1160. The maximum Gasteiger partial charge on any atom is 0.303 e. The average Bonchev–Trinajstić information content (AvgIpc) is 3.35. The van der Waals surface area contributed by atoms with Crippen LogP contribution in [-0.4, -0.2) is 95.9 Å². The molecule has 0 radical (unpaired) electrons. The zero-order valence-electron chi connectivity index (χ0n) is 17.8. The minimum Gasteiger partial charge on any atom is -0.481 e. The highest BCUT2D eigenvalue weighted by Gasteiger charge is 2.43. The lowest BCUT2D eigenvalue weighted by Crippen LogP contribution is -2.41. The second kappa shape index (κ2) is 11.3. The minimum absolute atomic E-state index is 0.0295. The fourth-order valence-corrected chi connectivity index (χ4v) is 3.49. The number of amides is 1. The molecule has 1 unspecified atom stereocenters. The zero-order valence-corrected chi connectivity index (χ0v) is 18.7. The van der Waals surface area contributed by atoms with Gasteiger partial charge in [-0.2, -0.15) is 0 Å². The number of aromatic nitrogens is 4. The molecule has 0 aliphatic carbocycles. The summed E-state index contributed by atoms with van der Waals surface area (Å²) in [6, 6.07) is -0.923. The van der Waals surface area contributed by atoms with Crippen LogP contribution in [0, 0.1) is 16.5 Å². The van der Waals surface area contributed by atoms with E-state index in [1.807, 2.05) is 0 Å². The van der Waals surface area contributed by atoms with Crippen LogP contribution in [0.15, 0.2) is 6.33 Å². The van der Waals surface area contributed by atoms with Crippen LogP contribution in [0.1, 0.15) is 19.1 Å². The number of nitrogens with zero attached hydrogens (tertiary/aromatic N) is 3.